The second-order valence-corrected chi connectivity index (χ2v) is 6.14. The Kier molecular flexibility index (Phi) is 4.85. The number of carbonyl (C=O) groups is 2. The van der Waals surface area contributed by atoms with Crippen molar-refractivity contribution in [3.8, 4) is 11.3 Å². The summed E-state index contributed by atoms with van der Waals surface area (Å²) in [6, 6.07) is 8.75. The number of nitrogens with zero attached hydrogens (tertiary/aromatic N) is 2. The van der Waals surface area contributed by atoms with Gasteiger partial charge in [0.1, 0.15) is 5.69 Å². The van der Waals surface area contributed by atoms with E-state index in [-0.39, 0.29) is 23.6 Å². The number of amides is 1. The molecule has 0 unspecified atom stereocenters. The summed E-state index contributed by atoms with van der Waals surface area (Å²) in [5.74, 6) is -0.701. The van der Waals surface area contributed by atoms with E-state index in [9.17, 15) is 9.59 Å². The first kappa shape index (κ1) is 16.5. The lowest BCUT2D eigenvalue weighted by molar-refractivity contribution is -0.146. The van der Waals surface area contributed by atoms with Gasteiger partial charge in [0.2, 0.25) is 5.76 Å². The second-order valence-electron chi connectivity index (χ2n) is 5.70. The summed E-state index contributed by atoms with van der Waals surface area (Å²) in [7, 11) is 1.36. The van der Waals surface area contributed by atoms with Crippen LogP contribution in [0.1, 0.15) is 23.4 Å². The second kappa shape index (κ2) is 7.05. The zero-order chi connectivity index (χ0) is 17.1. The Morgan fingerprint density at radius 3 is 2.96 bits per heavy atom. The fraction of sp³-hybridized carbons (Fsp3) is 0.353. The zero-order valence-corrected chi connectivity index (χ0v) is 14.0. The minimum Gasteiger partial charge on any atom is -0.469 e. The van der Waals surface area contributed by atoms with E-state index in [1.165, 1.54) is 7.11 Å². The Bertz CT molecular complexity index is 759. The molecule has 0 radical (unpaired) electrons. The molecule has 0 aliphatic carbocycles. The molecule has 126 valence electrons. The fourth-order valence-electron chi connectivity index (χ4n) is 2.84. The normalized spacial score (nSPS) is 17.6. The molecule has 1 saturated heterocycles. The van der Waals surface area contributed by atoms with Gasteiger partial charge < -0.3 is 14.2 Å². The number of rotatable bonds is 3. The molecule has 0 bridgehead atoms. The van der Waals surface area contributed by atoms with Gasteiger partial charge in [0.15, 0.2) is 0 Å². The van der Waals surface area contributed by atoms with Gasteiger partial charge in [-0.1, -0.05) is 28.9 Å². The van der Waals surface area contributed by atoms with Crippen LogP contribution in [-0.4, -0.2) is 42.1 Å². The molecule has 3 rings (SSSR count). The van der Waals surface area contributed by atoms with Gasteiger partial charge in [0.05, 0.1) is 13.0 Å². The quantitative estimate of drug-likeness (QED) is 0.797. The zero-order valence-electron chi connectivity index (χ0n) is 13.2. The van der Waals surface area contributed by atoms with Crippen LogP contribution in [0, 0.1) is 5.92 Å². The number of aromatic nitrogens is 1. The molecule has 0 spiro atoms. The van der Waals surface area contributed by atoms with E-state index in [0.29, 0.717) is 23.8 Å². The van der Waals surface area contributed by atoms with Crippen molar-refractivity contribution in [1.82, 2.24) is 10.1 Å². The summed E-state index contributed by atoms with van der Waals surface area (Å²) in [5, 5.41) is 4.52. The van der Waals surface area contributed by atoms with E-state index in [4.69, 9.17) is 20.9 Å². The van der Waals surface area contributed by atoms with E-state index in [1.54, 1.807) is 29.2 Å². The topological polar surface area (TPSA) is 72.6 Å². The highest BCUT2D eigenvalue weighted by molar-refractivity contribution is 6.30. The van der Waals surface area contributed by atoms with Crippen molar-refractivity contribution >= 4 is 23.5 Å². The molecule has 1 aliphatic rings. The predicted molar refractivity (Wildman–Crippen MR) is 87.6 cm³/mol. The molecular formula is C17H17ClN2O4. The first-order chi connectivity index (χ1) is 11.6. The average molecular weight is 349 g/mol. The number of hydrogen-bond donors (Lipinski definition) is 0. The molecule has 24 heavy (non-hydrogen) atoms. The molecule has 2 heterocycles. The Morgan fingerprint density at radius 1 is 1.38 bits per heavy atom. The Hall–Kier alpha value is -2.34. The van der Waals surface area contributed by atoms with Crippen LogP contribution in [0.5, 0.6) is 0 Å². The Morgan fingerprint density at radius 2 is 2.21 bits per heavy atom. The highest BCUT2D eigenvalue weighted by Crippen LogP contribution is 2.24. The highest BCUT2D eigenvalue weighted by atomic mass is 35.5. The van der Waals surface area contributed by atoms with Crippen molar-refractivity contribution in [2.24, 2.45) is 5.92 Å². The first-order valence-electron chi connectivity index (χ1n) is 7.68. The molecule has 0 saturated carbocycles. The maximum atomic E-state index is 12.6. The lowest BCUT2D eigenvalue weighted by atomic mass is 9.98. The number of benzene rings is 1. The molecule has 7 heteroatoms. The van der Waals surface area contributed by atoms with E-state index < -0.39 is 0 Å². The standard InChI is InChI=1S/C17H17ClN2O4/c1-23-17(22)12-5-3-7-20(10-12)16(21)15-9-14(19-24-15)11-4-2-6-13(18)8-11/h2,4,6,8-9,12H,3,5,7,10H2,1H3/t12-/m0/s1. The highest BCUT2D eigenvalue weighted by Gasteiger charge is 2.31. The molecule has 1 atom stereocenters. The van der Waals surface area contributed by atoms with Gasteiger partial charge in [-0.25, -0.2) is 0 Å². The van der Waals surface area contributed by atoms with Crippen LogP contribution < -0.4 is 0 Å². The van der Waals surface area contributed by atoms with Crippen LogP contribution in [0.25, 0.3) is 11.3 Å². The number of piperidine rings is 1. The Balaban J connectivity index is 1.75. The maximum Gasteiger partial charge on any atom is 0.310 e. The summed E-state index contributed by atoms with van der Waals surface area (Å²) in [6.07, 6.45) is 1.47. The van der Waals surface area contributed by atoms with Crippen LogP contribution in [0.15, 0.2) is 34.9 Å². The smallest absolute Gasteiger partial charge is 0.310 e. The van der Waals surface area contributed by atoms with Crippen molar-refractivity contribution in [1.29, 1.82) is 0 Å². The van der Waals surface area contributed by atoms with Crippen LogP contribution in [0.4, 0.5) is 0 Å². The summed E-state index contributed by atoms with van der Waals surface area (Å²) in [6.45, 7) is 0.915. The summed E-state index contributed by atoms with van der Waals surface area (Å²) in [4.78, 5) is 25.9. The van der Waals surface area contributed by atoms with Crippen LogP contribution in [0.3, 0.4) is 0 Å². The van der Waals surface area contributed by atoms with Gasteiger partial charge in [0.25, 0.3) is 5.91 Å². The third kappa shape index (κ3) is 3.43. The van der Waals surface area contributed by atoms with Gasteiger partial charge in [-0.3, -0.25) is 9.59 Å². The van der Waals surface area contributed by atoms with Crippen LogP contribution >= 0.6 is 11.6 Å². The lowest BCUT2D eigenvalue weighted by Gasteiger charge is -2.30. The van der Waals surface area contributed by atoms with Crippen molar-refractivity contribution in [2.45, 2.75) is 12.8 Å². The average Bonchev–Trinajstić information content (AvgIpc) is 3.10. The minimum absolute atomic E-state index is 0.149. The third-order valence-electron chi connectivity index (χ3n) is 4.08. The monoisotopic (exact) mass is 348 g/mol. The van der Waals surface area contributed by atoms with Gasteiger partial charge in [0, 0.05) is 29.7 Å². The van der Waals surface area contributed by atoms with Crippen LogP contribution in [0.2, 0.25) is 5.02 Å². The molecule has 0 N–H and O–H groups in total. The van der Waals surface area contributed by atoms with Gasteiger partial charge in [-0.15, -0.1) is 0 Å². The van der Waals surface area contributed by atoms with E-state index in [0.717, 1.165) is 18.4 Å². The fourth-order valence-corrected chi connectivity index (χ4v) is 3.03. The van der Waals surface area contributed by atoms with Crippen molar-refractivity contribution in [2.75, 3.05) is 20.2 Å². The van der Waals surface area contributed by atoms with Gasteiger partial charge in [-0.2, -0.15) is 0 Å². The van der Waals surface area contributed by atoms with Crippen molar-refractivity contribution in [3.05, 3.63) is 41.1 Å². The van der Waals surface area contributed by atoms with Gasteiger partial charge >= 0.3 is 5.97 Å². The molecule has 1 fully saturated rings. The third-order valence-corrected chi connectivity index (χ3v) is 4.32. The van der Waals surface area contributed by atoms with Crippen molar-refractivity contribution in [3.63, 3.8) is 0 Å². The number of carbonyl (C=O) groups excluding carboxylic acids is 2. The molecule has 2 aromatic rings. The first-order valence-corrected chi connectivity index (χ1v) is 8.06. The molecular weight excluding hydrogens is 332 g/mol. The number of ether oxygens (including phenoxy) is 1. The molecule has 1 amide bonds. The number of hydrogen-bond acceptors (Lipinski definition) is 5. The molecule has 1 aromatic carbocycles. The maximum absolute atomic E-state index is 12.6. The lowest BCUT2D eigenvalue weighted by Crippen LogP contribution is -2.42. The molecule has 6 nitrogen and oxygen atoms in total. The summed E-state index contributed by atoms with van der Waals surface area (Å²) < 4.78 is 9.97. The summed E-state index contributed by atoms with van der Waals surface area (Å²) in [5.41, 5.74) is 1.32. The molecule has 1 aromatic heterocycles. The number of esters is 1. The SMILES string of the molecule is COC(=O)[C@H]1CCCN(C(=O)c2cc(-c3cccc(Cl)c3)no2)C1. The number of halogens is 1. The Labute approximate surface area is 144 Å². The van der Waals surface area contributed by atoms with Crippen LogP contribution in [-0.2, 0) is 9.53 Å². The number of likely N-dealkylation sites (tertiary alicyclic amines) is 1. The van der Waals surface area contributed by atoms with Crippen molar-refractivity contribution < 1.29 is 18.8 Å². The minimum atomic E-state index is -0.289. The van der Waals surface area contributed by atoms with Gasteiger partial charge in [-0.05, 0) is 25.0 Å². The summed E-state index contributed by atoms with van der Waals surface area (Å²) >= 11 is 5.97. The van der Waals surface area contributed by atoms with E-state index in [1.807, 2.05) is 6.07 Å². The number of methoxy groups -OCH3 is 1. The largest absolute Gasteiger partial charge is 0.469 e. The predicted octanol–water partition coefficient (Wildman–Crippen LogP) is 3.02. The van der Waals surface area contributed by atoms with E-state index >= 15 is 0 Å². The molecule has 1 aliphatic heterocycles. The van der Waals surface area contributed by atoms with E-state index in [2.05, 4.69) is 5.16 Å².